The average molecular weight is 423 g/mol. The number of benzene rings is 3. The van der Waals surface area contributed by atoms with Crippen LogP contribution in [0.15, 0.2) is 82.7 Å². The smallest absolute Gasteiger partial charge is 0.208 e. The van der Waals surface area contributed by atoms with E-state index in [1.54, 1.807) is 24.3 Å². The maximum absolute atomic E-state index is 13.9. The van der Waals surface area contributed by atoms with Crippen LogP contribution in [0.3, 0.4) is 0 Å². The third kappa shape index (κ3) is 3.46. The van der Waals surface area contributed by atoms with Crippen LogP contribution in [-0.2, 0) is 9.84 Å². The summed E-state index contributed by atoms with van der Waals surface area (Å²) in [5.41, 5.74) is 1.43. The minimum absolute atomic E-state index is 0.0377. The van der Waals surface area contributed by atoms with E-state index in [2.05, 4.69) is 4.98 Å². The third-order valence-electron chi connectivity index (χ3n) is 4.47. The lowest BCUT2D eigenvalue weighted by molar-refractivity contribution is 0.596. The van der Waals surface area contributed by atoms with Crippen LogP contribution in [0.25, 0.3) is 22.0 Å². The molecule has 4 rings (SSSR count). The highest BCUT2D eigenvalue weighted by molar-refractivity contribution is 7.91. The van der Waals surface area contributed by atoms with E-state index in [4.69, 9.17) is 16.9 Å². The molecule has 0 fully saturated rings. The van der Waals surface area contributed by atoms with Gasteiger partial charge in [0.1, 0.15) is 5.82 Å². The molecule has 0 radical (unpaired) electrons. The van der Waals surface area contributed by atoms with Crippen LogP contribution in [0.2, 0.25) is 5.02 Å². The summed E-state index contributed by atoms with van der Waals surface area (Å²) in [7, 11) is -4.03. The number of pyridine rings is 1. The van der Waals surface area contributed by atoms with Crippen molar-refractivity contribution in [3.63, 3.8) is 0 Å². The lowest BCUT2D eigenvalue weighted by Crippen LogP contribution is -2.06. The highest BCUT2D eigenvalue weighted by Crippen LogP contribution is 2.37. The maximum atomic E-state index is 13.9. The molecule has 4 aromatic rings. The largest absolute Gasteiger partial charge is 0.255 e. The molecule has 0 spiro atoms. The molecule has 0 bridgehead atoms. The number of sulfone groups is 1. The molecular formula is C22H12ClFN2O2S. The van der Waals surface area contributed by atoms with Crippen molar-refractivity contribution < 1.29 is 12.8 Å². The fourth-order valence-electron chi connectivity index (χ4n) is 3.15. The standard InChI is InChI=1S/C22H12ClFN2O2S/c23-16-7-8-19-20(11-16)26-13-21(22(19)15-4-2-5-17(24)10-15)29(27,28)18-6-1-3-14(9-18)12-25/h1-11,13H. The second-order valence-electron chi connectivity index (χ2n) is 6.31. The molecule has 0 N–H and O–H groups in total. The number of fused-ring (bicyclic) bond motifs is 1. The Morgan fingerprint density at radius 3 is 2.55 bits per heavy atom. The monoisotopic (exact) mass is 422 g/mol. The number of nitriles is 1. The van der Waals surface area contributed by atoms with E-state index in [1.165, 1.54) is 48.7 Å². The summed E-state index contributed by atoms with van der Waals surface area (Å²) in [6.07, 6.45) is 1.24. The van der Waals surface area contributed by atoms with Gasteiger partial charge < -0.3 is 0 Å². The Labute approximate surface area is 171 Å². The predicted molar refractivity (Wildman–Crippen MR) is 109 cm³/mol. The van der Waals surface area contributed by atoms with E-state index in [9.17, 15) is 12.8 Å². The summed E-state index contributed by atoms with van der Waals surface area (Å²) in [5.74, 6) is -0.490. The molecule has 29 heavy (non-hydrogen) atoms. The van der Waals surface area contributed by atoms with E-state index in [1.807, 2.05) is 6.07 Å². The molecule has 0 amide bonds. The van der Waals surface area contributed by atoms with Crippen LogP contribution in [0.5, 0.6) is 0 Å². The molecule has 0 atom stereocenters. The molecule has 1 heterocycles. The van der Waals surface area contributed by atoms with Crippen LogP contribution in [0.1, 0.15) is 5.56 Å². The Morgan fingerprint density at radius 1 is 1.00 bits per heavy atom. The van der Waals surface area contributed by atoms with E-state index >= 15 is 0 Å². The van der Waals surface area contributed by atoms with Crippen molar-refractivity contribution in [3.8, 4) is 17.2 Å². The molecule has 0 aliphatic rings. The highest BCUT2D eigenvalue weighted by Gasteiger charge is 2.25. The second kappa shape index (κ2) is 7.28. The van der Waals surface area contributed by atoms with Crippen LogP contribution < -0.4 is 0 Å². The Bertz CT molecular complexity index is 1410. The van der Waals surface area contributed by atoms with E-state index in [0.29, 0.717) is 27.1 Å². The van der Waals surface area contributed by atoms with Gasteiger partial charge in [-0.2, -0.15) is 5.26 Å². The van der Waals surface area contributed by atoms with Gasteiger partial charge in [-0.1, -0.05) is 35.9 Å². The minimum Gasteiger partial charge on any atom is -0.255 e. The Balaban J connectivity index is 2.08. The van der Waals surface area contributed by atoms with Crippen molar-refractivity contribution in [1.29, 1.82) is 5.26 Å². The topological polar surface area (TPSA) is 70.8 Å². The number of hydrogen-bond acceptors (Lipinski definition) is 4. The first kappa shape index (κ1) is 19.1. The van der Waals surface area contributed by atoms with E-state index < -0.39 is 15.7 Å². The van der Waals surface area contributed by atoms with Gasteiger partial charge in [-0.15, -0.1) is 0 Å². The van der Waals surface area contributed by atoms with Crippen LogP contribution in [0, 0.1) is 17.1 Å². The molecule has 0 saturated carbocycles. The van der Waals surface area contributed by atoms with Gasteiger partial charge >= 0.3 is 0 Å². The molecule has 1 aromatic heterocycles. The summed E-state index contributed by atoms with van der Waals surface area (Å²) in [6.45, 7) is 0. The Kier molecular flexibility index (Phi) is 4.79. The summed E-state index contributed by atoms with van der Waals surface area (Å²) >= 11 is 6.05. The van der Waals surface area contributed by atoms with Crippen molar-refractivity contribution in [2.24, 2.45) is 0 Å². The average Bonchev–Trinajstić information content (AvgIpc) is 2.72. The number of nitrogens with zero attached hydrogens (tertiary/aromatic N) is 2. The first-order valence-corrected chi connectivity index (χ1v) is 10.4. The van der Waals surface area contributed by atoms with Gasteiger partial charge in [-0.3, -0.25) is 4.98 Å². The van der Waals surface area contributed by atoms with Gasteiger partial charge in [0.05, 0.1) is 26.9 Å². The molecule has 0 aliphatic heterocycles. The summed E-state index contributed by atoms with van der Waals surface area (Å²) in [4.78, 5) is 4.15. The van der Waals surface area contributed by atoms with Gasteiger partial charge in [0.25, 0.3) is 0 Å². The lowest BCUT2D eigenvalue weighted by Gasteiger charge is -2.14. The number of halogens is 2. The summed E-state index contributed by atoms with van der Waals surface area (Å²) in [5, 5.41) is 10.1. The quantitative estimate of drug-likeness (QED) is 0.443. The normalized spacial score (nSPS) is 11.3. The summed E-state index contributed by atoms with van der Waals surface area (Å²) in [6, 6.07) is 18.3. The SMILES string of the molecule is N#Cc1cccc(S(=O)(=O)c2cnc3cc(Cl)ccc3c2-c2cccc(F)c2)c1. The number of aromatic nitrogens is 1. The molecule has 0 aliphatic carbocycles. The van der Waals surface area contributed by atoms with Crippen molar-refractivity contribution >= 4 is 32.3 Å². The minimum atomic E-state index is -4.03. The molecule has 4 nitrogen and oxygen atoms in total. The zero-order valence-electron chi connectivity index (χ0n) is 14.8. The number of rotatable bonds is 3. The zero-order chi connectivity index (χ0) is 20.6. The third-order valence-corrected chi connectivity index (χ3v) is 6.47. The maximum Gasteiger partial charge on any atom is 0.208 e. The Hall–Kier alpha value is -3.27. The second-order valence-corrected chi connectivity index (χ2v) is 8.67. The van der Waals surface area contributed by atoms with Gasteiger partial charge in [-0.05, 0) is 48.0 Å². The first-order chi connectivity index (χ1) is 13.9. The number of hydrogen-bond donors (Lipinski definition) is 0. The van der Waals surface area contributed by atoms with Crippen molar-refractivity contribution in [2.45, 2.75) is 9.79 Å². The lowest BCUT2D eigenvalue weighted by atomic mass is 10.0. The van der Waals surface area contributed by atoms with Gasteiger partial charge in [-0.25, -0.2) is 12.8 Å². The fraction of sp³-hybridized carbons (Fsp3) is 0. The molecule has 7 heteroatoms. The van der Waals surface area contributed by atoms with E-state index in [0.717, 1.165) is 0 Å². The fourth-order valence-corrected chi connectivity index (χ4v) is 4.80. The van der Waals surface area contributed by atoms with Crippen molar-refractivity contribution in [2.75, 3.05) is 0 Å². The van der Waals surface area contributed by atoms with Gasteiger partial charge in [0.2, 0.25) is 9.84 Å². The molecule has 0 saturated heterocycles. The predicted octanol–water partition coefficient (Wildman–Crippen LogP) is 5.40. The van der Waals surface area contributed by atoms with E-state index in [-0.39, 0.29) is 15.4 Å². The van der Waals surface area contributed by atoms with Crippen molar-refractivity contribution in [1.82, 2.24) is 4.98 Å². The first-order valence-electron chi connectivity index (χ1n) is 8.49. The summed E-state index contributed by atoms with van der Waals surface area (Å²) < 4.78 is 40.8. The van der Waals surface area contributed by atoms with Crippen molar-refractivity contribution in [3.05, 3.63) is 89.3 Å². The zero-order valence-corrected chi connectivity index (χ0v) is 16.4. The molecule has 142 valence electrons. The molecule has 3 aromatic carbocycles. The van der Waals surface area contributed by atoms with Crippen LogP contribution in [-0.4, -0.2) is 13.4 Å². The Morgan fingerprint density at radius 2 is 1.79 bits per heavy atom. The van der Waals surface area contributed by atoms with Crippen LogP contribution in [0.4, 0.5) is 4.39 Å². The highest BCUT2D eigenvalue weighted by atomic mass is 35.5. The molecule has 0 unspecified atom stereocenters. The molecular weight excluding hydrogens is 411 g/mol. The van der Waals surface area contributed by atoms with Gasteiger partial charge in [0.15, 0.2) is 0 Å². The van der Waals surface area contributed by atoms with Gasteiger partial charge in [0, 0.05) is 22.2 Å². The van der Waals surface area contributed by atoms with Crippen LogP contribution >= 0.6 is 11.6 Å².